The van der Waals surface area contributed by atoms with E-state index in [2.05, 4.69) is 14.2 Å². The van der Waals surface area contributed by atoms with Crippen LogP contribution in [0.2, 0.25) is 0 Å². The van der Waals surface area contributed by atoms with Crippen molar-refractivity contribution >= 4 is 11.9 Å². The molecule has 0 saturated heterocycles. The molecule has 0 aromatic heterocycles. The van der Waals surface area contributed by atoms with E-state index in [1.165, 1.54) is 14.0 Å². The Bertz CT molecular complexity index is 214. The molecule has 0 bridgehead atoms. The van der Waals surface area contributed by atoms with E-state index in [1.54, 1.807) is 20.8 Å². The van der Waals surface area contributed by atoms with Crippen molar-refractivity contribution in [1.82, 2.24) is 0 Å². The van der Waals surface area contributed by atoms with Crippen molar-refractivity contribution in [2.24, 2.45) is 0 Å². The molecule has 2 unspecified atom stereocenters. The normalized spacial score (nSPS) is 12.8. The van der Waals surface area contributed by atoms with Crippen LogP contribution in [0.1, 0.15) is 27.7 Å². The number of carbonyl (C=O) groups is 2. The fourth-order valence-electron chi connectivity index (χ4n) is 0.594. The van der Waals surface area contributed by atoms with Crippen LogP contribution in [0.15, 0.2) is 0 Å². The third-order valence-corrected chi connectivity index (χ3v) is 1.50. The Hall–Kier alpha value is -1.14. The second-order valence-electron chi connectivity index (χ2n) is 3.28. The fraction of sp³-hybridized carbons (Fsp3) is 0.818. The quantitative estimate of drug-likeness (QED) is 0.716. The number of esters is 2. The molecule has 0 aliphatic carbocycles. The van der Waals surface area contributed by atoms with E-state index in [4.69, 9.17) is 5.11 Å². The molecule has 0 aromatic rings. The summed E-state index contributed by atoms with van der Waals surface area (Å²) in [6.07, 6.45) is -0.996. The maximum Gasteiger partial charge on any atom is 0.334 e. The van der Waals surface area contributed by atoms with Gasteiger partial charge < -0.3 is 19.3 Å². The van der Waals surface area contributed by atoms with Gasteiger partial charge in [-0.3, -0.25) is 4.79 Å². The molecule has 6 heteroatoms. The smallest absolute Gasteiger partial charge is 0.334 e. The molecule has 17 heavy (non-hydrogen) atoms. The second kappa shape index (κ2) is 11.3. The summed E-state index contributed by atoms with van der Waals surface area (Å²) in [5.41, 5.74) is 0. The van der Waals surface area contributed by atoms with Crippen molar-refractivity contribution in [3.8, 4) is 0 Å². The minimum absolute atomic E-state index is 0.0926. The monoisotopic (exact) mass is 250 g/mol. The zero-order valence-corrected chi connectivity index (χ0v) is 11.1. The van der Waals surface area contributed by atoms with Gasteiger partial charge in [-0.1, -0.05) is 0 Å². The first kappa shape index (κ1) is 18.2. The van der Waals surface area contributed by atoms with Crippen molar-refractivity contribution in [1.29, 1.82) is 0 Å². The molecule has 102 valence electrons. The number of hydrogen-bond donors (Lipinski definition) is 1. The summed E-state index contributed by atoms with van der Waals surface area (Å²) in [5, 5.41) is 8.52. The van der Waals surface area contributed by atoms with Crippen molar-refractivity contribution in [2.75, 3.05) is 20.3 Å². The van der Waals surface area contributed by atoms with Crippen molar-refractivity contribution in [3.63, 3.8) is 0 Å². The molecule has 0 aliphatic heterocycles. The van der Waals surface area contributed by atoms with E-state index in [9.17, 15) is 9.59 Å². The fourth-order valence-corrected chi connectivity index (χ4v) is 0.594. The first-order valence-corrected chi connectivity index (χ1v) is 5.35. The van der Waals surface area contributed by atoms with Gasteiger partial charge in [-0.25, -0.2) is 4.79 Å². The van der Waals surface area contributed by atoms with E-state index < -0.39 is 12.2 Å². The number of hydrogen-bond acceptors (Lipinski definition) is 6. The average Bonchev–Trinajstić information content (AvgIpc) is 2.26. The molecule has 0 rings (SSSR count). The maximum absolute atomic E-state index is 10.6. The van der Waals surface area contributed by atoms with E-state index >= 15 is 0 Å². The van der Waals surface area contributed by atoms with Gasteiger partial charge in [-0.05, 0) is 20.8 Å². The molecule has 0 saturated carbocycles. The zero-order valence-electron chi connectivity index (χ0n) is 11.1. The Morgan fingerprint density at radius 2 is 1.76 bits per heavy atom. The Labute approximate surface area is 102 Å². The van der Waals surface area contributed by atoms with Crippen LogP contribution in [0.4, 0.5) is 0 Å². The summed E-state index contributed by atoms with van der Waals surface area (Å²) >= 11 is 0. The summed E-state index contributed by atoms with van der Waals surface area (Å²) < 4.78 is 13.7. The Morgan fingerprint density at radius 1 is 1.24 bits per heavy atom. The van der Waals surface area contributed by atoms with Crippen LogP contribution in [0.5, 0.6) is 0 Å². The van der Waals surface area contributed by atoms with E-state index in [0.717, 1.165) is 0 Å². The zero-order chi connectivity index (χ0) is 13.8. The molecular weight excluding hydrogens is 228 g/mol. The van der Waals surface area contributed by atoms with Gasteiger partial charge in [0.05, 0.1) is 12.7 Å². The van der Waals surface area contributed by atoms with E-state index in [-0.39, 0.29) is 18.5 Å². The molecule has 2 atom stereocenters. The number of ether oxygens (including phenoxy) is 3. The third kappa shape index (κ3) is 14.9. The second-order valence-corrected chi connectivity index (χ2v) is 3.28. The molecular formula is C11H22O6. The van der Waals surface area contributed by atoms with Crippen LogP contribution < -0.4 is 0 Å². The van der Waals surface area contributed by atoms with E-state index in [1.807, 2.05) is 0 Å². The van der Waals surface area contributed by atoms with Crippen LogP contribution in [0.25, 0.3) is 0 Å². The first-order valence-electron chi connectivity index (χ1n) is 5.35. The molecule has 0 radical (unpaired) electrons. The van der Waals surface area contributed by atoms with Gasteiger partial charge in [-0.15, -0.1) is 0 Å². The Morgan fingerprint density at radius 3 is 2.00 bits per heavy atom. The molecule has 1 N–H and O–H groups in total. The maximum atomic E-state index is 10.6. The number of aliphatic hydroxyl groups is 1. The summed E-state index contributed by atoms with van der Waals surface area (Å²) in [6.45, 7) is 6.78. The number of aliphatic hydroxyl groups excluding tert-OH is 1. The Balaban J connectivity index is 0. The number of carbonyl (C=O) groups excluding carboxylic acids is 2. The lowest BCUT2D eigenvalue weighted by atomic mass is 10.4. The summed E-state index contributed by atoms with van der Waals surface area (Å²) in [7, 11) is 1.47. The largest absolute Gasteiger partial charge is 0.464 e. The Kier molecular flexibility index (Phi) is 12.2. The minimum atomic E-state index is -0.557. The van der Waals surface area contributed by atoms with Gasteiger partial charge in [-0.2, -0.15) is 0 Å². The topological polar surface area (TPSA) is 82.1 Å². The first-order chi connectivity index (χ1) is 7.84. The molecule has 0 heterocycles. The SMILES string of the molecule is CC(=O)OCC(C)O.CCOC(=O)C(C)OC. The highest BCUT2D eigenvalue weighted by Crippen LogP contribution is 1.90. The van der Waals surface area contributed by atoms with Gasteiger partial charge in [0.1, 0.15) is 6.61 Å². The highest BCUT2D eigenvalue weighted by atomic mass is 16.6. The lowest BCUT2D eigenvalue weighted by Gasteiger charge is -2.06. The predicted molar refractivity (Wildman–Crippen MR) is 61.4 cm³/mol. The number of methoxy groups -OCH3 is 1. The van der Waals surface area contributed by atoms with Gasteiger partial charge >= 0.3 is 11.9 Å². The molecule has 0 amide bonds. The molecule has 0 fully saturated rings. The molecule has 0 aromatic carbocycles. The van der Waals surface area contributed by atoms with Gasteiger partial charge in [0.25, 0.3) is 0 Å². The summed E-state index contributed by atoms with van der Waals surface area (Å²) in [6, 6.07) is 0. The lowest BCUT2D eigenvalue weighted by molar-refractivity contribution is -0.153. The van der Waals surface area contributed by atoms with Crippen LogP contribution >= 0.6 is 0 Å². The predicted octanol–water partition coefficient (Wildman–Crippen LogP) is 0.515. The highest BCUT2D eigenvalue weighted by molar-refractivity contribution is 5.74. The van der Waals surface area contributed by atoms with Crippen LogP contribution in [-0.2, 0) is 23.8 Å². The van der Waals surface area contributed by atoms with Crippen molar-refractivity contribution in [3.05, 3.63) is 0 Å². The van der Waals surface area contributed by atoms with Gasteiger partial charge in [0, 0.05) is 14.0 Å². The molecule has 6 nitrogen and oxygen atoms in total. The van der Waals surface area contributed by atoms with Gasteiger partial charge in [0.15, 0.2) is 6.10 Å². The average molecular weight is 250 g/mol. The highest BCUT2D eigenvalue weighted by Gasteiger charge is 2.10. The van der Waals surface area contributed by atoms with Crippen molar-refractivity contribution < 1.29 is 28.9 Å². The van der Waals surface area contributed by atoms with Crippen LogP contribution in [0, 0.1) is 0 Å². The minimum Gasteiger partial charge on any atom is -0.464 e. The third-order valence-electron chi connectivity index (χ3n) is 1.50. The molecule has 0 spiro atoms. The summed E-state index contributed by atoms with van der Waals surface area (Å²) in [5.74, 6) is -0.661. The standard InChI is InChI=1S/C6H12O3.C5H10O3/c1-4-9-6(7)5(2)8-3;1-4(6)3-8-5(2)7/h5H,4H2,1-3H3;4,6H,3H2,1-2H3. The lowest BCUT2D eigenvalue weighted by Crippen LogP contribution is -2.21. The summed E-state index contributed by atoms with van der Waals surface area (Å²) in [4.78, 5) is 20.6. The van der Waals surface area contributed by atoms with Crippen LogP contribution in [-0.4, -0.2) is 49.6 Å². The van der Waals surface area contributed by atoms with Gasteiger partial charge in [0.2, 0.25) is 0 Å². The molecule has 0 aliphatic rings. The van der Waals surface area contributed by atoms with Crippen molar-refractivity contribution in [2.45, 2.75) is 39.9 Å². The number of rotatable bonds is 5. The van der Waals surface area contributed by atoms with E-state index in [0.29, 0.717) is 6.61 Å². The van der Waals surface area contributed by atoms with Crippen LogP contribution in [0.3, 0.4) is 0 Å².